The monoisotopic (exact) mass is 530 g/mol. The number of benzene rings is 1. The number of aryl methyl sites for hydroxylation is 1. The van der Waals surface area contributed by atoms with Crippen molar-refractivity contribution in [2.45, 2.75) is 48.5 Å². The summed E-state index contributed by atoms with van der Waals surface area (Å²) in [6, 6.07) is 3.08. The number of sulfonamides is 1. The normalized spacial score (nSPS) is 21.6. The van der Waals surface area contributed by atoms with E-state index in [9.17, 15) is 13.2 Å². The van der Waals surface area contributed by atoms with Crippen LogP contribution in [0.15, 0.2) is 38.9 Å². The molecule has 0 saturated heterocycles. The Labute approximate surface area is 203 Å². The SMILES string of the molecule is BC(B)(c1cnn(C)c1)N1C(=O)c2cc(S(=O)(=O)NC3(C)CC3)cc(Br)c2N2C1=NC[C@H]2C. The van der Waals surface area contributed by atoms with E-state index in [1.54, 1.807) is 21.8 Å². The fourth-order valence-electron chi connectivity index (χ4n) is 4.46. The van der Waals surface area contributed by atoms with Crippen molar-refractivity contribution in [3.8, 4) is 0 Å². The molecule has 1 N–H and O–H groups in total. The Bertz CT molecular complexity index is 1320. The summed E-state index contributed by atoms with van der Waals surface area (Å²) in [6.45, 7) is 4.46. The van der Waals surface area contributed by atoms with Crippen LogP contribution in [0.3, 0.4) is 0 Å². The van der Waals surface area contributed by atoms with E-state index < -0.39 is 20.9 Å². The molecule has 0 bridgehead atoms. The third-order valence-electron chi connectivity index (χ3n) is 6.73. The first-order valence-corrected chi connectivity index (χ1v) is 13.2. The molecule has 5 rings (SSSR count). The van der Waals surface area contributed by atoms with Crippen molar-refractivity contribution in [3.63, 3.8) is 0 Å². The van der Waals surface area contributed by atoms with Gasteiger partial charge in [0.25, 0.3) is 5.91 Å². The van der Waals surface area contributed by atoms with Gasteiger partial charge in [0.2, 0.25) is 16.0 Å². The topological polar surface area (TPSA) is 99.9 Å². The van der Waals surface area contributed by atoms with Gasteiger partial charge in [0.1, 0.15) is 15.7 Å². The number of aromatic nitrogens is 2. The lowest BCUT2D eigenvalue weighted by molar-refractivity contribution is 0.0808. The Morgan fingerprint density at radius 2 is 2.00 bits per heavy atom. The molecule has 1 atom stereocenters. The van der Waals surface area contributed by atoms with E-state index in [1.165, 1.54) is 6.07 Å². The van der Waals surface area contributed by atoms with Crippen LogP contribution < -0.4 is 9.62 Å². The van der Waals surface area contributed by atoms with Crippen LogP contribution in [0, 0.1) is 0 Å². The third-order valence-corrected chi connectivity index (χ3v) is 8.95. The second kappa shape index (κ2) is 7.19. The van der Waals surface area contributed by atoms with E-state index >= 15 is 0 Å². The van der Waals surface area contributed by atoms with E-state index in [2.05, 4.69) is 25.8 Å². The summed E-state index contributed by atoms with van der Waals surface area (Å²) in [4.78, 5) is 22.4. The van der Waals surface area contributed by atoms with Gasteiger partial charge in [-0.25, -0.2) is 13.1 Å². The molecule has 3 aliphatic rings. The first kappa shape index (κ1) is 22.7. The number of halogens is 1. The van der Waals surface area contributed by atoms with E-state index in [-0.39, 0.29) is 16.8 Å². The highest BCUT2D eigenvalue weighted by Crippen LogP contribution is 2.43. The molecule has 2 aliphatic heterocycles. The molecule has 1 aromatic carbocycles. The molecule has 13 heteroatoms. The Balaban J connectivity index is 1.66. The molecule has 2 aromatic rings. The molecular weight excluding hydrogens is 506 g/mol. The summed E-state index contributed by atoms with van der Waals surface area (Å²) in [5, 5.41) is 3.52. The largest absolute Gasteiger partial charge is 0.306 e. The minimum absolute atomic E-state index is 0.0151. The number of nitrogens with one attached hydrogen (secondary N) is 1. The maximum atomic E-state index is 14.0. The fraction of sp³-hybridized carbons (Fsp3) is 0.450. The minimum atomic E-state index is -3.79. The zero-order valence-electron chi connectivity index (χ0n) is 19.3. The van der Waals surface area contributed by atoms with Crippen molar-refractivity contribution in [2.75, 3.05) is 11.4 Å². The predicted molar refractivity (Wildman–Crippen MR) is 134 cm³/mol. The summed E-state index contributed by atoms with van der Waals surface area (Å²) in [7, 11) is 1.94. The van der Waals surface area contributed by atoms with Gasteiger partial charge in [-0.15, -0.1) is 0 Å². The summed E-state index contributed by atoms with van der Waals surface area (Å²) >= 11 is 3.56. The summed E-state index contributed by atoms with van der Waals surface area (Å²) in [5.74, 6) is 0.270. The number of nitrogens with zero attached hydrogens (tertiary/aromatic N) is 5. The van der Waals surface area contributed by atoms with Crippen molar-refractivity contribution >= 4 is 59.2 Å². The molecule has 1 aromatic heterocycles. The number of anilines is 1. The number of carbonyl (C=O) groups excluding carboxylic acids is 1. The van der Waals surface area contributed by atoms with Crippen LogP contribution in [0.5, 0.6) is 0 Å². The second-order valence-corrected chi connectivity index (χ2v) is 12.5. The van der Waals surface area contributed by atoms with Gasteiger partial charge in [0.05, 0.1) is 34.9 Å². The molecule has 1 aliphatic carbocycles. The molecule has 9 nitrogen and oxygen atoms in total. The van der Waals surface area contributed by atoms with Crippen molar-refractivity contribution in [2.24, 2.45) is 12.0 Å². The molecule has 33 heavy (non-hydrogen) atoms. The highest BCUT2D eigenvalue weighted by Gasteiger charge is 2.48. The lowest BCUT2D eigenvalue weighted by atomic mass is 9.57. The Kier molecular flexibility index (Phi) is 4.94. The average Bonchev–Trinajstić information content (AvgIpc) is 3.08. The van der Waals surface area contributed by atoms with Crippen LogP contribution in [-0.4, -0.2) is 68.8 Å². The zero-order chi connectivity index (χ0) is 23.9. The quantitative estimate of drug-likeness (QED) is 0.553. The number of aliphatic imine (C=N–C) groups is 1. The van der Waals surface area contributed by atoms with Crippen LogP contribution in [-0.2, 0) is 22.4 Å². The minimum Gasteiger partial charge on any atom is -0.306 e. The molecule has 0 unspecified atom stereocenters. The van der Waals surface area contributed by atoms with Crippen LogP contribution >= 0.6 is 15.9 Å². The lowest BCUT2D eigenvalue weighted by Gasteiger charge is -2.46. The highest BCUT2D eigenvalue weighted by molar-refractivity contribution is 9.10. The Hall–Kier alpha value is -2.11. The molecular formula is C20H25B2BrN6O3S. The first-order valence-electron chi connectivity index (χ1n) is 10.9. The average molecular weight is 531 g/mol. The van der Waals surface area contributed by atoms with Gasteiger partial charge in [-0.2, -0.15) is 5.10 Å². The van der Waals surface area contributed by atoms with Gasteiger partial charge in [0, 0.05) is 28.6 Å². The number of rotatable bonds is 5. The van der Waals surface area contributed by atoms with Crippen LogP contribution in [0.4, 0.5) is 5.69 Å². The number of carbonyl (C=O) groups is 1. The summed E-state index contributed by atoms with van der Waals surface area (Å²) in [5.41, 5.74) is 1.42. The predicted octanol–water partition coefficient (Wildman–Crippen LogP) is 0.110. The van der Waals surface area contributed by atoms with Gasteiger partial charge in [-0.05, 0) is 60.3 Å². The van der Waals surface area contributed by atoms with Crippen molar-refractivity contribution in [3.05, 3.63) is 40.1 Å². The van der Waals surface area contributed by atoms with E-state index in [0.29, 0.717) is 28.2 Å². The van der Waals surface area contributed by atoms with Crippen LogP contribution in [0.1, 0.15) is 42.6 Å². The smallest absolute Gasteiger partial charge is 0.262 e. The van der Waals surface area contributed by atoms with Gasteiger partial charge in [0.15, 0.2) is 0 Å². The lowest BCUT2D eigenvalue weighted by Crippen LogP contribution is -2.61. The number of guanidine groups is 1. The molecule has 3 heterocycles. The molecule has 172 valence electrons. The number of amides is 1. The van der Waals surface area contributed by atoms with Gasteiger partial charge in [-0.3, -0.25) is 19.4 Å². The van der Waals surface area contributed by atoms with Crippen LogP contribution in [0.25, 0.3) is 0 Å². The first-order chi connectivity index (χ1) is 15.3. The summed E-state index contributed by atoms with van der Waals surface area (Å²) in [6.07, 6.45) is 5.22. The summed E-state index contributed by atoms with van der Waals surface area (Å²) < 4.78 is 31.3. The van der Waals surface area contributed by atoms with Gasteiger partial charge >= 0.3 is 0 Å². The van der Waals surface area contributed by atoms with Crippen molar-refractivity contribution < 1.29 is 13.2 Å². The maximum absolute atomic E-state index is 14.0. The van der Waals surface area contributed by atoms with Crippen molar-refractivity contribution in [1.82, 2.24) is 19.4 Å². The Morgan fingerprint density at radius 1 is 1.30 bits per heavy atom. The molecule has 1 amide bonds. The number of hydrogen-bond acceptors (Lipinski definition) is 6. The zero-order valence-corrected chi connectivity index (χ0v) is 21.7. The fourth-order valence-corrected chi connectivity index (χ4v) is 6.78. The standard InChI is InChI=1S/C20H25B2BrN6O3S/c1-11-8-24-18-28(11)16-14(17(30)29(18)20(21,22)12-9-25-27(3)10-12)6-13(7-15(16)23)33(31,32)26-19(2)4-5-19/h6-7,9-11,26H,4-5,8,21-22H2,1-3H3/t11-/m1/s1. The van der Waals surface area contributed by atoms with E-state index in [1.807, 2.05) is 47.7 Å². The van der Waals surface area contributed by atoms with Gasteiger partial charge in [-0.1, -0.05) is 0 Å². The third kappa shape index (κ3) is 3.55. The van der Waals surface area contributed by atoms with E-state index in [0.717, 1.165) is 18.4 Å². The van der Waals surface area contributed by atoms with Crippen LogP contribution in [0.2, 0.25) is 0 Å². The second-order valence-electron chi connectivity index (χ2n) is 9.93. The molecule has 0 spiro atoms. The molecule has 1 fully saturated rings. The molecule has 0 radical (unpaired) electrons. The number of hydrogen-bond donors (Lipinski definition) is 1. The molecule has 1 saturated carbocycles. The van der Waals surface area contributed by atoms with Crippen molar-refractivity contribution in [1.29, 1.82) is 0 Å². The number of fused-ring (bicyclic) bond motifs is 3. The maximum Gasteiger partial charge on any atom is 0.262 e. The Morgan fingerprint density at radius 3 is 2.61 bits per heavy atom. The van der Waals surface area contributed by atoms with E-state index in [4.69, 9.17) is 4.99 Å². The highest BCUT2D eigenvalue weighted by atomic mass is 79.9. The van der Waals surface area contributed by atoms with Gasteiger partial charge < -0.3 is 4.90 Å².